The Labute approximate surface area is 89.5 Å². The van der Waals surface area contributed by atoms with Crippen molar-refractivity contribution in [2.45, 2.75) is 0 Å². The van der Waals surface area contributed by atoms with Gasteiger partial charge in [-0.15, -0.1) is 0 Å². The zero-order chi connectivity index (χ0) is 9.97. The Morgan fingerprint density at radius 2 is 2.21 bits per heavy atom. The Kier molecular flexibility index (Phi) is 2.54. The molecule has 0 saturated heterocycles. The second kappa shape index (κ2) is 3.84. The van der Waals surface area contributed by atoms with Crippen molar-refractivity contribution in [1.82, 2.24) is 0 Å². The number of carbonyl (C=O) groups excluding carboxylic acids is 1. The molecule has 14 heavy (non-hydrogen) atoms. The summed E-state index contributed by atoms with van der Waals surface area (Å²) in [6.45, 7) is 0.245. The van der Waals surface area contributed by atoms with Crippen LogP contribution in [0.3, 0.4) is 0 Å². The summed E-state index contributed by atoms with van der Waals surface area (Å²) >= 11 is 3.36. The molecule has 1 aromatic rings. The molecular weight excluding hydrogens is 248 g/mol. The van der Waals surface area contributed by atoms with Crippen LogP contribution in [0, 0.1) is 0 Å². The molecule has 3 nitrogen and oxygen atoms in total. The summed E-state index contributed by atoms with van der Waals surface area (Å²) in [5.74, 6) is 1.41. The Bertz CT molecular complexity index is 399. The van der Waals surface area contributed by atoms with Crippen LogP contribution in [0.15, 0.2) is 22.7 Å². The fraction of sp³-hybridized carbons (Fsp3) is 0.100. The third-order valence-electron chi connectivity index (χ3n) is 1.82. The molecule has 0 N–H and O–H groups in total. The van der Waals surface area contributed by atoms with Gasteiger partial charge in [0.15, 0.2) is 11.5 Å². The van der Waals surface area contributed by atoms with Gasteiger partial charge in [-0.25, -0.2) is 0 Å². The minimum Gasteiger partial charge on any atom is -0.454 e. The molecule has 1 aromatic carbocycles. The maximum Gasteiger partial charge on any atom is 0.231 e. The van der Waals surface area contributed by atoms with E-state index in [4.69, 9.17) is 9.47 Å². The van der Waals surface area contributed by atoms with Gasteiger partial charge in [-0.1, -0.05) is 6.08 Å². The molecule has 0 atom stereocenters. The largest absolute Gasteiger partial charge is 0.454 e. The second-order valence-corrected chi connectivity index (χ2v) is 3.59. The first-order valence-electron chi connectivity index (χ1n) is 4.02. The average Bonchev–Trinajstić information content (AvgIpc) is 2.63. The van der Waals surface area contributed by atoms with E-state index in [9.17, 15) is 4.79 Å². The Morgan fingerprint density at radius 3 is 3.00 bits per heavy atom. The SMILES string of the molecule is O=CC=Cc1cc(Br)c2c(c1)OCO2. The zero-order valence-electron chi connectivity index (χ0n) is 7.20. The minimum absolute atomic E-state index is 0.245. The van der Waals surface area contributed by atoms with E-state index in [-0.39, 0.29) is 6.79 Å². The molecular formula is C10H7BrO3. The van der Waals surface area contributed by atoms with Crippen LogP contribution in [-0.2, 0) is 4.79 Å². The molecule has 0 radical (unpaired) electrons. The number of halogens is 1. The summed E-state index contributed by atoms with van der Waals surface area (Å²) in [5.41, 5.74) is 0.897. The lowest BCUT2D eigenvalue weighted by Crippen LogP contribution is -1.93. The van der Waals surface area contributed by atoms with Crippen molar-refractivity contribution < 1.29 is 14.3 Å². The van der Waals surface area contributed by atoms with Crippen molar-refractivity contribution in [1.29, 1.82) is 0 Å². The smallest absolute Gasteiger partial charge is 0.231 e. The summed E-state index contributed by atoms with van der Waals surface area (Å²) in [6.07, 6.45) is 3.88. The van der Waals surface area contributed by atoms with E-state index < -0.39 is 0 Å². The molecule has 0 unspecified atom stereocenters. The topological polar surface area (TPSA) is 35.5 Å². The number of benzene rings is 1. The summed E-state index contributed by atoms with van der Waals surface area (Å²) in [7, 11) is 0. The molecule has 0 fully saturated rings. The van der Waals surface area contributed by atoms with Crippen molar-refractivity contribution in [2.75, 3.05) is 6.79 Å². The lowest BCUT2D eigenvalue weighted by Gasteiger charge is -2.00. The number of aldehydes is 1. The van der Waals surface area contributed by atoms with Gasteiger partial charge >= 0.3 is 0 Å². The van der Waals surface area contributed by atoms with Crippen LogP contribution in [0.4, 0.5) is 0 Å². The summed E-state index contributed by atoms with van der Waals surface area (Å²) in [5, 5.41) is 0. The maximum atomic E-state index is 10.1. The van der Waals surface area contributed by atoms with Crippen LogP contribution < -0.4 is 9.47 Å². The highest BCUT2D eigenvalue weighted by Crippen LogP contribution is 2.40. The maximum absolute atomic E-state index is 10.1. The van der Waals surface area contributed by atoms with Crippen LogP contribution in [-0.4, -0.2) is 13.1 Å². The van der Waals surface area contributed by atoms with Gasteiger partial charge in [-0.05, 0) is 39.7 Å². The molecule has 2 rings (SSSR count). The van der Waals surface area contributed by atoms with Gasteiger partial charge in [0, 0.05) is 0 Å². The van der Waals surface area contributed by atoms with E-state index in [1.807, 2.05) is 12.1 Å². The van der Waals surface area contributed by atoms with Crippen molar-refractivity contribution >= 4 is 28.3 Å². The molecule has 0 aliphatic carbocycles. The standard InChI is InChI=1S/C10H7BrO3/c11-8-4-7(2-1-3-12)5-9-10(8)14-6-13-9/h1-5H,6H2. The minimum atomic E-state index is 0.245. The first-order chi connectivity index (χ1) is 6.81. The number of fused-ring (bicyclic) bond motifs is 1. The highest BCUT2D eigenvalue weighted by Gasteiger charge is 2.16. The second-order valence-electron chi connectivity index (χ2n) is 2.73. The predicted octanol–water partition coefficient (Wildman–Crippen LogP) is 2.39. The fourth-order valence-corrected chi connectivity index (χ4v) is 1.81. The quantitative estimate of drug-likeness (QED) is 0.601. The van der Waals surface area contributed by atoms with Gasteiger partial charge in [0.1, 0.15) is 6.29 Å². The van der Waals surface area contributed by atoms with Crippen LogP contribution in [0.25, 0.3) is 6.08 Å². The van der Waals surface area contributed by atoms with E-state index in [0.29, 0.717) is 11.5 Å². The molecule has 0 saturated carbocycles. The van der Waals surface area contributed by atoms with Crippen molar-refractivity contribution in [3.05, 3.63) is 28.2 Å². The average molecular weight is 255 g/mol. The van der Waals surface area contributed by atoms with Gasteiger partial charge in [0.25, 0.3) is 0 Å². The van der Waals surface area contributed by atoms with Gasteiger partial charge in [-0.2, -0.15) is 0 Å². The fourth-order valence-electron chi connectivity index (χ4n) is 1.23. The molecule has 0 bridgehead atoms. The lowest BCUT2D eigenvalue weighted by atomic mass is 10.2. The van der Waals surface area contributed by atoms with Gasteiger partial charge in [-0.3, -0.25) is 4.79 Å². The van der Waals surface area contributed by atoms with Crippen molar-refractivity contribution in [3.8, 4) is 11.5 Å². The molecule has 0 spiro atoms. The number of hydrogen-bond acceptors (Lipinski definition) is 3. The van der Waals surface area contributed by atoms with Gasteiger partial charge < -0.3 is 9.47 Å². The van der Waals surface area contributed by atoms with E-state index >= 15 is 0 Å². The van der Waals surface area contributed by atoms with Gasteiger partial charge in [0.05, 0.1) is 4.47 Å². The van der Waals surface area contributed by atoms with E-state index in [1.54, 1.807) is 6.08 Å². The number of ether oxygens (including phenoxy) is 2. The zero-order valence-corrected chi connectivity index (χ0v) is 8.78. The van der Waals surface area contributed by atoms with Gasteiger partial charge in [0.2, 0.25) is 6.79 Å². The summed E-state index contributed by atoms with van der Waals surface area (Å²) in [6, 6.07) is 3.70. The third-order valence-corrected chi connectivity index (χ3v) is 2.41. The van der Waals surface area contributed by atoms with Crippen LogP contribution >= 0.6 is 15.9 Å². The normalized spacial score (nSPS) is 13.5. The summed E-state index contributed by atoms with van der Waals surface area (Å²) < 4.78 is 11.3. The number of rotatable bonds is 2. The molecule has 1 heterocycles. The van der Waals surface area contributed by atoms with E-state index in [0.717, 1.165) is 16.3 Å². The van der Waals surface area contributed by atoms with Crippen LogP contribution in [0.5, 0.6) is 11.5 Å². The first kappa shape index (κ1) is 9.27. The van der Waals surface area contributed by atoms with E-state index in [1.165, 1.54) is 6.08 Å². The molecule has 1 aliphatic heterocycles. The van der Waals surface area contributed by atoms with Crippen LogP contribution in [0.2, 0.25) is 0 Å². The molecule has 72 valence electrons. The third kappa shape index (κ3) is 1.65. The Balaban J connectivity index is 2.41. The molecule has 1 aliphatic rings. The predicted molar refractivity (Wildman–Crippen MR) is 55.4 cm³/mol. The highest BCUT2D eigenvalue weighted by molar-refractivity contribution is 9.10. The molecule has 4 heteroatoms. The number of allylic oxidation sites excluding steroid dienone is 1. The number of carbonyl (C=O) groups is 1. The Morgan fingerprint density at radius 1 is 1.36 bits per heavy atom. The summed E-state index contributed by atoms with van der Waals surface area (Å²) in [4.78, 5) is 10.1. The lowest BCUT2D eigenvalue weighted by molar-refractivity contribution is -0.104. The highest BCUT2D eigenvalue weighted by atomic mass is 79.9. The van der Waals surface area contributed by atoms with Crippen LogP contribution in [0.1, 0.15) is 5.56 Å². The molecule has 0 amide bonds. The Hall–Kier alpha value is -1.29. The number of hydrogen-bond donors (Lipinski definition) is 0. The van der Waals surface area contributed by atoms with E-state index in [2.05, 4.69) is 15.9 Å². The van der Waals surface area contributed by atoms with Crippen molar-refractivity contribution in [2.24, 2.45) is 0 Å². The molecule has 0 aromatic heterocycles. The monoisotopic (exact) mass is 254 g/mol. The first-order valence-corrected chi connectivity index (χ1v) is 4.81. The van der Waals surface area contributed by atoms with Crippen molar-refractivity contribution in [3.63, 3.8) is 0 Å².